The van der Waals surface area contributed by atoms with Crippen molar-refractivity contribution in [2.45, 2.75) is 39.3 Å². The van der Waals surface area contributed by atoms with Gasteiger partial charge in [-0.3, -0.25) is 4.79 Å². The second-order valence-corrected chi connectivity index (χ2v) is 6.20. The van der Waals surface area contributed by atoms with Crippen molar-refractivity contribution < 1.29 is 19.4 Å². The highest BCUT2D eigenvalue weighted by molar-refractivity contribution is 5.77. The van der Waals surface area contributed by atoms with Crippen LogP contribution in [-0.2, 0) is 16.1 Å². The van der Waals surface area contributed by atoms with Gasteiger partial charge in [-0.1, -0.05) is 30.3 Å². The van der Waals surface area contributed by atoms with Crippen molar-refractivity contribution in [2.75, 3.05) is 19.7 Å². The Kier molecular flexibility index (Phi) is 7.54. The maximum atomic E-state index is 12.2. The molecule has 0 aliphatic heterocycles. The number of hydrogen-bond donors (Lipinski definition) is 2. The number of benzene rings is 1. The van der Waals surface area contributed by atoms with Crippen molar-refractivity contribution in [3.8, 4) is 0 Å². The van der Waals surface area contributed by atoms with E-state index in [1.807, 2.05) is 30.3 Å². The molecule has 0 bridgehead atoms. The fraction of sp³-hybridized carbons (Fsp3) is 0.529. The van der Waals surface area contributed by atoms with Crippen LogP contribution in [0.2, 0.25) is 0 Å². The third kappa shape index (κ3) is 8.21. The lowest BCUT2D eigenvalue weighted by Gasteiger charge is -2.23. The van der Waals surface area contributed by atoms with Crippen LogP contribution in [0.1, 0.15) is 32.8 Å². The molecule has 0 aromatic heterocycles. The highest BCUT2D eigenvalue weighted by Gasteiger charge is 2.17. The van der Waals surface area contributed by atoms with E-state index in [1.54, 1.807) is 25.7 Å². The summed E-state index contributed by atoms with van der Waals surface area (Å²) in [7, 11) is 0. The summed E-state index contributed by atoms with van der Waals surface area (Å²) in [5, 5.41) is 11.7. The second kappa shape index (κ2) is 9.15. The van der Waals surface area contributed by atoms with E-state index in [2.05, 4.69) is 5.32 Å². The largest absolute Gasteiger partial charge is 0.444 e. The molecular weight excluding hydrogens is 296 g/mol. The van der Waals surface area contributed by atoms with Gasteiger partial charge in [0.1, 0.15) is 5.60 Å². The van der Waals surface area contributed by atoms with Gasteiger partial charge in [0, 0.05) is 26.1 Å². The minimum absolute atomic E-state index is 0.0991. The van der Waals surface area contributed by atoms with Gasteiger partial charge in [0.25, 0.3) is 0 Å². The number of rotatable bonds is 7. The molecule has 0 saturated carbocycles. The molecule has 1 aromatic rings. The van der Waals surface area contributed by atoms with Crippen molar-refractivity contribution in [1.82, 2.24) is 10.2 Å². The zero-order chi connectivity index (χ0) is 17.3. The molecule has 0 heterocycles. The zero-order valence-electron chi connectivity index (χ0n) is 14.0. The summed E-state index contributed by atoms with van der Waals surface area (Å²) in [4.78, 5) is 25.3. The SMILES string of the molecule is CC(C)(C)OC(=O)NCCC(=O)N(CCO)Cc1ccccc1. The highest BCUT2D eigenvalue weighted by Crippen LogP contribution is 2.07. The Labute approximate surface area is 137 Å². The van der Waals surface area contributed by atoms with Crippen LogP contribution in [0, 0.1) is 0 Å². The van der Waals surface area contributed by atoms with Gasteiger partial charge in [0.15, 0.2) is 0 Å². The average Bonchev–Trinajstić information content (AvgIpc) is 2.46. The topological polar surface area (TPSA) is 78.9 Å². The first-order valence-electron chi connectivity index (χ1n) is 7.71. The van der Waals surface area contributed by atoms with Crippen molar-refractivity contribution in [2.24, 2.45) is 0 Å². The van der Waals surface area contributed by atoms with E-state index in [4.69, 9.17) is 9.84 Å². The van der Waals surface area contributed by atoms with E-state index >= 15 is 0 Å². The lowest BCUT2D eigenvalue weighted by molar-refractivity contribution is -0.132. The standard InChI is InChI=1S/C17H26N2O4/c1-17(2,3)23-16(22)18-10-9-15(21)19(11-12-20)13-14-7-5-4-6-8-14/h4-8,20H,9-13H2,1-3H3,(H,18,22). The molecule has 6 nitrogen and oxygen atoms in total. The van der Waals surface area contributed by atoms with E-state index in [0.717, 1.165) is 5.56 Å². The number of ether oxygens (including phenoxy) is 1. The van der Waals surface area contributed by atoms with Gasteiger partial charge in [-0.05, 0) is 26.3 Å². The third-order valence-corrected chi connectivity index (χ3v) is 2.95. The molecule has 0 unspecified atom stereocenters. The number of aliphatic hydroxyl groups is 1. The Morgan fingerprint density at radius 2 is 1.87 bits per heavy atom. The van der Waals surface area contributed by atoms with Gasteiger partial charge in [0.2, 0.25) is 5.91 Å². The first kappa shape index (κ1) is 19.0. The molecule has 6 heteroatoms. The molecule has 128 valence electrons. The summed E-state index contributed by atoms with van der Waals surface area (Å²) in [5.74, 6) is -0.126. The fourth-order valence-corrected chi connectivity index (χ4v) is 1.96. The van der Waals surface area contributed by atoms with Crippen molar-refractivity contribution in [3.63, 3.8) is 0 Å². The number of alkyl carbamates (subject to hydrolysis) is 1. The normalized spacial score (nSPS) is 11.0. The van der Waals surface area contributed by atoms with E-state index in [1.165, 1.54) is 0 Å². The van der Waals surface area contributed by atoms with Gasteiger partial charge in [-0.15, -0.1) is 0 Å². The van der Waals surface area contributed by atoms with Crippen LogP contribution in [-0.4, -0.2) is 47.3 Å². The third-order valence-electron chi connectivity index (χ3n) is 2.95. The summed E-state index contributed by atoms with van der Waals surface area (Å²) >= 11 is 0. The van der Waals surface area contributed by atoms with E-state index in [0.29, 0.717) is 6.54 Å². The molecule has 1 aromatic carbocycles. The molecule has 0 radical (unpaired) electrons. The second-order valence-electron chi connectivity index (χ2n) is 6.20. The molecular formula is C17H26N2O4. The Morgan fingerprint density at radius 1 is 1.22 bits per heavy atom. The zero-order valence-corrected chi connectivity index (χ0v) is 14.0. The number of nitrogens with one attached hydrogen (secondary N) is 1. The summed E-state index contributed by atoms with van der Waals surface area (Å²) < 4.78 is 5.11. The van der Waals surface area contributed by atoms with Gasteiger partial charge in [-0.2, -0.15) is 0 Å². The fourth-order valence-electron chi connectivity index (χ4n) is 1.96. The number of carbonyl (C=O) groups excluding carboxylic acids is 2. The minimum Gasteiger partial charge on any atom is -0.444 e. The van der Waals surface area contributed by atoms with Crippen molar-refractivity contribution in [3.05, 3.63) is 35.9 Å². The van der Waals surface area contributed by atoms with Crippen LogP contribution in [0.3, 0.4) is 0 Å². The molecule has 2 amide bonds. The molecule has 2 N–H and O–H groups in total. The van der Waals surface area contributed by atoms with Crippen molar-refractivity contribution >= 4 is 12.0 Å². The van der Waals surface area contributed by atoms with Gasteiger partial charge >= 0.3 is 6.09 Å². The van der Waals surface area contributed by atoms with Crippen LogP contribution in [0.25, 0.3) is 0 Å². The average molecular weight is 322 g/mol. The first-order valence-corrected chi connectivity index (χ1v) is 7.71. The van der Waals surface area contributed by atoms with E-state index in [-0.39, 0.29) is 32.0 Å². The lowest BCUT2D eigenvalue weighted by Crippen LogP contribution is -2.37. The molecule has 0 aliphatic carbocycles. The number of nitrogens with zero attached hydrogens (tertiary/aromatic N) is 1. The summed E-state index contributed by atoms with van der Waals surface area (Å²) in [5.41, 5.74) is 0.430. The maximum absolute atomic E-state index is 12.2. The Hall–Kier alpha value is -2.08. The van der Waals surface area contributed by atoms with Gasteiger partial charge in [0.05, 0.1) is 6.61 Å². The number of aliphatic hydroxyl groups excluding tert-OH is 1. The predicted octanol–water partition coefficient (Wildman–Crippen LogP) is 1.92. The molecule has 0 spiro atoms. The molecule has 1 rings (SSSR count). The molecule has 23 heavy (non-hydrogen) atoms. The Bertz CT molecular complexity index is 497. The maximum Gasteiger partial charge on any atom is 0.407 e. The summed E-state index contributed by atoms with van der Waals surface area (Å²) in [6.07, 6.45) is -0.381. The van der Waals surface area contributed by atoms with E-state index in [9.17, 15) is 9.59 Å². The predicted molar refractivity (Wildman–Crippen MR) is 87.8 cm³/mol. The lowest BCUT2D eigenvalue weighted by atomic mass is 10.2. The summed E-state index contributed by atoms with van der Waals surface area (Å²) in [6, 6.07) is 9.57. The number of hydrogen-bond acceptors (Lipinski definition) is 4. The Balaban J connectivity index is 2.44. The smallest absolute Gasteiger partial charge is 0.407 e. The molecule has 0 saturated heterocycles. The van der Waals surface area contributed by atoms with Gasteiger partial charge < -0.3 is 20.1 Å². The monoisotopic (exact) mass is 322 g/mol. The van der Waals surface area contributed by atoms with E-state index < -0.39 is 11.7 Å². The van der Waals surface area contributed by atoms with Crippen LogP contribution in [0.5, 0.6) is 0 Å². The van der Waals surface area contributed by atoms with Gasteiger partial charge in [-0.25, -0.2) is 4.79 Å². The minimum atomic E-state index is -0.565. The quantitative estimate of drug-likeness (QED) is 0.804. The van der Waals surface area contributed by atoms with Crippen LogP contribution < -0.4 is 5.32 Å². The van der Waals surface area contributed by atoms with Crippen LogP contribution in [0.15, 0.2) is 30.3 Å². The molecule has 0 atom stereocenters. The van der Waals surface area contributed by atoms with Crippen LogP contribution >= 0.6 is 0 Å². The molecule has 0 aliphatic rings. The van der Waals surface area contributed by atoms with Crippen molar-refractivity contribution in [1.29, 1.82) is 0 Å². The number of carbonyl (C=O) groups is 2. The summed E-state index contributed by atoms with van der Waals surface area (Å²) in [6.45, 7) is 6.14. The molecule has 0 fully saturated rings. The van der Waals surface area contributed by atoms with Crippen LogP contribution in [0.4, 0.5) is 4.79 Å². The number of amides is 2. The highest BCUT2D eigenvalue weighted by atomic mass is 16.6. The Morgan fingerprint density at radius 3 is 2.43 bits per heavy atom. The first-order chi connectivity index (χ1) is 10.8.